The summed E-state index contributed by atoms with van der Waals surface area (Å²) in [4.78, 5) is 16.5. The van der Waals surface area contributed by atoms with Crippen LogP contribution in [0, 0.1) is 0 Å². The van der Waals surface area contributed by atoms with Crippen LogP contribution in [-0.4, -0.2) is 38.3 Å². The monoisotopic (exact) mass is 393 g/mol. The van der Waals surface area contributed by atoms with Gasteiger partial charge in [-0.15, -0.1) is 0 Å². The van der Waals surface area contributed by atoms with Gasteiger partial charge in [-0.25, -0.2) is 4.98 Å². The number of hydrogen-bond acceptors (Lipinski definition) is 6. The Hall–Kier alpha value is -3.74. The van der Waals surface area contributed by atoms with Crippen LogP contribution in [0.25, 0.3) is 0 Å². The maximum Gasteiger partial charge on any atom is 0.274 e. The van der Waals surface area contributed by atoms with Gasteiger partial charge in [0.25, 0.3) is 5.91 Å². The van der Waals surface area contributed by atoms with Crippen molar-refractivity contribution in [3.05, 3.63) is 72.6 Å². The molecule has 0 aliphatic carbocycles. The molecule has 3 aromatic rings. The highest BCUT2D eigenvalue weighted by Gasteiger charge is 2.08. The van der Waals surface area contributed by atoms with E-state index >= 15 is 0 Å². The van der Waals surface area contributed by atoms with Crippen LogP contribution >= 0.6 is 0 Å². The van der Waals surface area contributed by atoms with Gasteiger partial charge in [-0.2, -0.15) is 0 Å². The molecule has 0 bridgehead atoms. The minimum atomic E-state index is -0.274. The zero-order chi connectivity index (χ0) is 20.5. The van der Waals surface area contributed by atoms with Gasteiger partial charge in [-0.1, -0.05) is 0 Å². The largest absolute Gasteiger partial charge is 0.497 e. The Morgan fingerprint density at radius 1 is 0.828 bits per heavy atom. The molecule has 0 aliphatic heterocycles. The SMILES string of the molecule is COc1ccc(NC(=O)c2ccc(NCCOc3ccc(OC)cc3)cn2)cc1. The average molecular weight is 393 g/mol. The van der Waals surface area contributed by atoms with E-state index in [-0.39, 0.29) is 5.91 Å². The maximum absolute atomic E-state index is 12.3. The van der Waals surface area contributed by atoms with Crippen LogP contribution in [0.4, 0.5) is 11.4 Å². The molecule has 0 atom stereocenters. The zero-order valence-corrected chi connectivity index (χ0v) is 16.3. The summed E-state index contributed by atoms with van der Waals surface area (Å²) in [6.45, 7) is 1.09. The fourth-order valence-electron chi connectivity index (χ4n) is 2.54. The quantitative estimate of drug-likeness (QED) is 0.538. The van der Waals surface area contributed by atoms with Gasteiger partial charge < -0.3 is 24.8 Å². The van der Waals surface area contributed by atoms with Crippen molar-refractivity contribution in [2.24, 2.45) is 0 Å². The third-order valence-corrected chi connectivity index (χ3v) is 4.10. The number of ether oxygens (including phenoxy) is 3. The predicted octanol–water partition coefficient (Wildman–Crippen LogP) is 3.84. The summed E-state index contributed by atoms with van der Waals surface area (Å²) < 4.78 is 15.9. The van der Waals surface area contributed by atoms with Crippen molar-refractivity contribution >= 4 is 17.3 Å². The number of carbonyl (C=O) groups excluding carboxylic acids is 1. The molecule has 0 fully saturated rings. The number of methoxy groups -OCH3 is 2. The van der Waals surface area contributed by atoms with E-state index in [0.717, 1.165) is 22.9 Å². The van der Waals surface area contributed by atoms with Crippen LogP contribution < -0.4 is 24.8 Å². The lowest BCUT2D eigenvalue weighted by atomic mass is 10.2. The van der Waals surface area contributed by atoms with Gasteiger partial charge in [0.1, 0.15) is 29.5 Å². The molecule has 0 saturated carbocycles. The van der Waals surface area contributed by atoms with E-state index in [1.165, 1.54) is 0 Å². The van der Waals surface area contributed by atoms with Gasteiger partial charge in [0, 0.05) is 12.2 Å². The molecule has 3 rings (SSSR count). The molecule has 7 heteroatoms. The van der Waals surface area contributed by atoms with E-state index in [1.807, 2.05) is 30.3 Å². The number of amides is 1. The number of carbonyl (C=O) groups is 1. The molecule has 0 aliphatic rings. The van der Waals surface area contributed by atoms with Crippen molar-refractivity contribution < 1.29 is 19.0 Å². The number of rotatable bonds is 9. The van der Waals surface area contributed by atoms with Crippen LogP contribution in [0.15, 0.2) is 66.9 Å². The number of anilines is 2. The summed E-state index contributed by atoms with van der Waals surface area (Å²) in [5.41, 5.74) is 1.82. The first-order chi connectivity index (χ1) is 14.2. The van der Waals surface area contributed by atoms with E-state index in [1.54, 1.807) is 50.7 Å². The standard InChI is InChI=1S/C22H23N3O4/c1-27-18-6-3-16(4-7-18)25-22(26)21-12-5-17(15-24-21)23-13-14-29-20-10-8-19(28-2)9-11-20/h3-12,15,23H,13-14H2,1-2H3,(H,25,26). The third kappa shape index (κ3) is 5.87. The molecule has 0 unspecified atom stereocenters. The molecule has 0 spiro atoms. The molecule has 1 amide bonds. The number of benzene rings is 2. The zero-order valence-electron chi connectivity index (χ0n) is 16.3. The average Bonchev–Trinajstić information content (AvgIpc) is 2.78. The molecule has 29 heavy (non-hydrogen) atoms. The summed E-state index contributed by atoms with van der Waals surface area (Å²) in [5, 5.41) is 6.01. The van der Waals surface area contributed by atoms with E-state index < -0.39 is 0 Å². The molecule has 1 aromatic heterocycles. The normalized spacial score (nSPS) is 10.1. The highest BCUT2D eigenvalue weighted by atomic mass is 16.5. The second-order valence-corrected chi connectivity index (χ2v) is 6.07. The number of pyridine rings is 1. The van der Waals surface area contributed by atoms with E-state index in [0.29, 0.717) is 24.5 Å². The Bertz CT molecular complexity index is 910. The second kappa shape index (κ2) is 9.98. The Balaban J connectivity index is 1.44. The van der Waals surface area contributed by atoms with Crippen LogP contribution in [0.2, 0.25) is 0 Å². The second-order valence-electron chi connectivity index (χ2n) is 6.07. The third-order valence-electron chi connectivity index (χ3n) is 4.10. The molecule has 150 valence electrons. The van der Waals surface area contributed by atoms with E-state index in [2.05, 4.69) is 15.6 Å². The Morgan fingerprint density at radius 3 is 2.00 bits per heavy atom. The first-order valence-corrected chi connectivity index (χ1v) is 9.10. The molecule has 0 saturated heterocycles. The highest BCUT2D eigenvalue weighted by Crippen LogP contribution is 2.17. The fourth-order valence-corrected chi connectivity index (χ4v) is 2.54. The van der Waals surface area contributed by atoms with Crippen LogP contribution in [0.3, 0.4) is 0 Å². The first-order valence-electron chi connectivity index (χ1n) is 9.10. The van der Waals surface area contributed by atoms with Crippen molar-refractivity contribution in [1.29, 1.82) is 0 Å². The topological polar surface area (TPSA) is 81.7 Å². The minimum absolute atomic E-state index is 0.274. The summed E-state index contributed by atoms with van der Waals surface area (Å²) in [6, 6.07) is 18.0. The smallest absolute Gasteiger partial charge is 0.274 e. The Kier molecular flexibility index (Phi) is 6.89. The lowest BCUT2D eigenvalue weighted by Crippen LogP contribution is -2.14. The van der Waals surface area contributed by atoms with Crippen molar-refractivity contribution in [1.82, 2.24) is 4.98 Å². The van der Waals surface area contributed by atoms with Gasteiger partial charge in [0.05, 0.1) is 26.1 Å². The Labute approximate surface area is 169 Å². The van der Waals surface area contributed by atoms with Gasteiger partial charge in [0.15, 0.2) is 0 Å². The molecule has 0 radical (unpaired) electrons. The van der Waals surface area contributed by atoms with Crippen LogP contribution in [0.5, 0.6) is 17.2 Å². The summed E-state index contributed by atoms with van der Waals surface area (Å²) in [5.74, 6) is 2.02. The minimum Gasteiger partial charge on any atom is -0.497 e. The fraction of sp³-hybridized carbons (Fsp3) is 0.182. The van der Waals surface area contributed by atoms with Crippen molar-refractivity contribution in [2.45, 2.75) is 0 Å². The highest BCUT2D eigenvalue weighted by molar-refractivity contribution is 6.02. The number of aromatic nitrogens is 1. The van der Waals surface area contributed by atoms with Gasteiger partial charge in [-0.05, 0) is 60.7 Å². The summed E-state index contributed by atoms with van der Waals surface area (Å²) >= 11 is 0. The first kappa shape index (κ1) is 20.0. The molecule has 2 N–H and O–H groups in total. The lowest BCUT2D eigenvalue weighted by Gasteiger charge is -2.10. The predicted molar refractivity (Wildman–Crippen MR) is 112 cm³/mol. The Morgan fingerprint density at radius 2 is 1.41 bits per heavy atom. The van der Waals surface area contributed by atoms with Crippen LogP contribution in [-0.2, 0) is 0 Å². The molecule has 1 heterocycles. The van der Waals surface area contributed by atoms with Crippen molar-refractivity contribution in [3.8, 4) is 17.2 Å². The van der Waals surface area contributed by atoms with E-state index in [4.69, 9.17) is 14.2 Å². The van der Waals surface area contributed by atoms with Gasteiger partial charge >= 0.3 is 0 Å². The summed E-state index contributed by atoms with van der Waals surface area (Å²) in [7, 11) is 3.22. The molecule has 7 nitrogen and oxygen atoms in total. The number of hydrogen-bond donors (Lipinski definition) is 2. The number of nitrogens with zero attached hydrogens (tertiary/aromatic N) is 1. The van der Waals surface area contributed by atoms with E-state index in [9.17, 15) is 4.79 Å². The molecular weight excluding hydrogens is 370 g/mol. The van der Waals surface area contributed by atoms with Crippen LogP contribution in [0.1, 0.15) is 10.5 Å². The summed E-state index contributed by atoms with van der Waals surface area (Å²) in [6.07, 6.45) is 1.62. The maximum atomic E-state index is 12.3. The van der Waals surface area contributed by atoms with Crippen molar-refractivity contribution in [2.75, 3.05) is 38.0 Å². The number of nitrogens with one attached hydrogen (secondary N) is 2. The van der Waals surface area contributed by atoms with Gasteiger partial charge in [0.2, 0.25) is 0 Å². The molecule has 2 aromatic carbocycles. The van der Waals surface area contributed by atoms with Gasteiger partial charge in [-0.3, -0.25) is 4.79 Å². The molecular formula is C22H23N3O4. The van der Waals surface area contributed by atoms with Crippen molar-refractivity contribution in [3.63, 3.8) is 0 Å². The lowest BCUT2D eigenvalue weighted by molar-refractivity contribution is 0.102.